The second-order valence-corrected chi connectivity index (χ2v) is 6.43. The van der Waals surface area contributed by atoms with E-state index in [9.17, 15) is 9.59 Å². The lowest BCUT2D eigenvalue weighted by Crippen LogP contribution is -2.29. The third kappa shape index (κ3) is 3.61. The number of benzene rings is 2. The van der Waals surface area contributed by atoms with Gasteiger partial charge in [-0.3, -0.25) is 9.59 Å². The molecule has 1 amide bonds. The first-order valence-corrected chi connectivity index (χ1v) is 8.68. The Morgan fingerprint density at radius 3 is 2.81 bits per heavy atom. The van der Waals surface area contributed by atoms with E-state index in [1.165, 1.54) is 6.07 Å². The van der Waals surface area contributed by atoms with Crippen LogP contribution in [0.3, 0.4) is 0 Å². The van der Waals surface area contributed by atoms with E-state index < -0.39 is 0 Å². The molecule has 0 aliphatic carbocycles. The topological polar surface area (TPSA) is 79.8 Å². The van der Waals surface area contributed by atoms with Crippen LogP contribution in [-0.4, -0.2) is 20.7 Å². The number of carbonyl (C=O) groups is 1. The zero-order chi connectivity index (χ0) is 18.8. The highest BCUT2D eigenvalue weighted by atomic mass is 35.5. The number of hydrogen-bond donors (Lipinski definition) is 2. The summed E-state index contributed by atoms with van der Waals surface area (Å²) in [5.74, 6) is -0.341. The van der Waals surface area contributed by atoms with Crippen LogP contribution in [0.25, 0.3) is 22.2 Å². The summed E-state index contributed by atoms with van der Waals surface area (Å²) in [4.78, 5) is 27.6. The minimum Gasteiger partial charge on any atom is -0.361 e. The number of amides is 1. The number of rotatable bonds is 4. The van der Waals surface area contributed by atoms with Crippen molar-refractivity contribution in [3.8, 4) is 11.3 Å². The fourth-order valence-corrected chi connectivity index (χ4v) is 3.07. The van der Waals surface area contributed by atoms with Crippen molar-refractivity contribution in [2.75, 3.05) is 5.32 Å². The molecule has 0 bridgehead atoms. The predicted molar refractivity (Wildman–Crippen MR) is 106 cm³/mol. The van der Waals surface area contributed by atoms with Crippen LogP contribution in [-0.2, 0) is 11.3 Å². The Kier molecular flexibility index (Phi) is 4.48. The summed E-state index contributed by atoms with van der Waals surface area (Å²) in [6.45, 7) is -0.195. The Morgan fingerprint density at radius 2 is 1.96 bits per heavy atom. The first kappa shape index (κ1) is 17.1. The van der Waals surface area contributed by atoms with Crippen molar-refractivity contribution in [3.63, 3.8) is 0 Å². The molecule has 0 unspecified atom stereocenters. The maximum absolute atomic E-state index is 12.4. The number of aromatic amines is 1. The molecule has 0 fully saturated rings. The number of hydrogen-bond acceptors (Lipinski definition) is 3. The number of nitrogens with zero attached hydrogens (tertiary/aromatic N) is 2. The highest BCUT2D eigenvalue weighted by molar-refractivity contribution is 6.33. The van der Waals surface area contributed by atoms with E-state index in [1.807, 2.05) is 48.7 Å². The summed E-state index contributed by atoms with van der Waals surface area (Å²) in [5.41, 5.74) is 2.43. The van der Waals surface area contributed by atoms with E-state index in [0.29, 0.717) is 22.0 Å². The van der Waals surface area contributed by atoms with Gasteiger partial charge in [-0.05, 0) is 35.7 Å². The molecular formula is C20H15ClN4O2. The van der Waals surface area contributed by atoms with E-state index >= 15 is 0 Å². The number of H-pyrrole nitrogens is 1. The molecule has 0 saturated heterocycles. The molecule has 27 heavy (non-hydrogen) atoms. The van der Waals surface area contributed by atoms with Gasteiger partial charge in [-0.25, -0.2) is 4.68 Å². The molecule has 4 rings (SSSR count). The van der Waals surface area contributed by atoms with Crippen molar-refractivity contribution >= 4 is 34.1 Å². The molecule has 2 heterocycles. The summed E-state index contributed by atoms with van der Waals surface area (Å²) >= 11 is 6.19. The van der Waals surface area contributed by atoms with Gasteiger partial charge in [0.15, 0.2) is 0 Å². The quantitative estimate of drug-likeness (QED) is 0.568. The highest BCUT2D eigenvalue weighted by Crippen LogP contribution is 2.24. The van der Waals surface area contributed by atoms with E-state index in [-0.39, 0.29) is 18.0 Å². The molecule has 0 aliphatic rings. The van der Waals surface area contributed by atoms with Gasteiger partial charge in [-0.15, -0.1) is 0 Å². The van der Waals surface area contributed by atoms with Gasteiger partial charge in [-0.2, -0.15) is 5.10 Å². The van der Waals surface area contributed by atoms with Crippen molar-refractivity contribution in [1.29, 1.82) is 0 Å². The average molecular weight is 379 g/mol. The van der Waals surface area contributed by atoms with Gasteiger partial charge >= 0.3 is 0 Å². The monoisotopic (exact) mass is 378 g/mol. The smallest absolute Gasteiger partial charge is 0.267 e. The van der Waals surface area contributed by atoms with E-state index in [2.05, 4.69) is 15.4 Å². The lowest BCUT2D eigenvalue weighted by Gasteiger charge is -2.09. The van der Waals surface area contributed by atoms with Crippen molar-refractivity contribution in [2.45, 2.75) is 6.54 Å². The molecule has 2 N–H and O–H groups in total. The Labute approximate surface area is 159 Å². The maximum Gasteiger partial charge on any atom is 0.267 e. The third-order valence-corrected chi connectivity index (χ3v) is 4.48. The van der Waals surface area contributed by atoms with Crippen LogP contribution in [0.1, 0.15) is 0 Å². The van der Waals surface area contributed by atoms with Gasteiger partial charge in [0.05, 0.1) is 10.7 Å². The fraction of sp³-hybridized carbons (Fsp3) is 0.0500. The molecular weight excluding hydrogens is 364 g/mol. The van der Waals surface area contributed by atoms with Crippen LogP contribution in [0, 0.1) is 0 Å². The molecule has 6 nitrogen and oxygen atoms in total. The van der Waals surface area contributed by atoms with Gasteiger partial charge in [0.1, 0.15) is 6.54 Å². The molecule has 0 radical (unpaired) electrons. The molecule has 134 valence electrons. The number of nitrogens with one attached hydrogen (secondary N) is 2. The lowest BCUT2D eigenvalue weighted by molar-refractivity contribution is -0.117. The Morgan fingerprint density at radius 1 is 1.11 bits per heavy atom. The first-order valence-electron chi connectivity index (χ1n) is 8.30. The van der Waals surface area contributed by atoms with Crippen LogP contribution >= 0.6 is 11.6 Å². The van der Waals surface area contributed by atoms with Gasteiger partial charge < -0.3 is 10.3 Å². The Hall–Kier alpha value is -3.38. The first-order chi connectivity index (χ1) is 13.1. The molecule has 7 heteroatoms. The SMILES string of the molecule is O=C(Cn1nc(-c2ccccc2Cl)ccc1=O)Nc1ccc2cc[nH]c2c1. The van der Waals surface area contributed by atoms with E-state index in [1.54, 1.807) is 12.1 Å². The number of anilines is 1. The lowest BCUT2D eigenvalue weighted by atomic mass is 10.1. The van der Waals surface area contributed by atoms with Crippen LogP contribution in [0.15, 0.2) is 71.7 Å². The summed E-state index contributed by atoms with van der Waals surface area (Å²) in [7, 11) is 0. The summed E-state index contributed by atoms with van der Waals surface area (Å²) in [6, 6.07) is 17.7. The summed E-state index contributed by atoms with van der Waals surface area (Å²) in [6.07, 6.45) is 1.83. The largest absolute Gasteiger partial charge is 0.361 e. The average Bonchev–Trinajstić information content (AvgIpc) is 3.12. The van der Waals surface area contributed by atoms with Crippen molar-refractivity contribution in [3.05, 3.63) is 82.2 Å². The minimum absolute atomic E-state index is 0.195. The van der Waals surface area contributed by atoms with Crippen LogP contribution < -0.4 is 10.9 Å². The van der Waals surface area contributed by atoms with Gasteiger partial charge in [0.25, 0.3) is 5.56 Å². The molecule has 0 spiro atoms. The molecule has 4 aromatic rings. The number of halogens is 1. The van der Waals surface area contributed by atoms with Gasteiger partial charge in [0, 0.05) is 29.0 Å². The fourth-order valence-electron chi connectivity index (χ4n) is 2.84. The highest BCUT2D eigenvalue weighted by Gasteiger charge is 2.10. The summed E-state index contributed by atoms with van der Waals surface area (Å²) < 4.78 is 1.13. The van der Waals surface area contributed by atoms with Crippen molar-refractivity contribution in [2.24, 2.45) is 0 Å². The van der Waals surface area contributed by atoms with Crippen molar-refractivity contribution in [1.82, 2.24) is 14.8 Å². The van der Waals surface area contributed by atoms with Crippen LogP contribution in [0.2, 0.25) is 5.02 Å². The van der Waals surface area contributed by atoms with Crippen LogP contribution in [0.4, 0.5) is 5.69 Å². The standard InChI is InChI=1S/C20H15ClN4O2/c21-16-4-2-1-3-15(16)17-7-8-20(27)25(24-17)12-19(26)23-14-6-5-13-9-10-22-18(13)11-14/h1-11,22H,12H2,(H,23,26). The maximum atomic E-state index is 12.4. The van der Waals surface area contributed by atoms with E-state index in [4.69, 9.17) is 11.6 Å². The summed E-state index contributed by atoms with van der Waals surface area (Å²) in [5, 5.41) is 8.65. The number of carbonyl (C=O) groups excluding carboxylic acids is 1. The van der Waals surface area contributed by atoms with Gasteiger partial charge in [-0.1, -0.05) is 35.9 Å². The molecule has 0 atom stereocenters. The number of aromatic nitrogens is 3. The van der Waals surface area contributed by atoms with E-state index in [0.717, 1.165) is 15.6 Å². The third-order valence-electron chi connectivity index (χ3n) is 4.15. The minimum atomic E-state index is -0.360. The molecule has 0 aliphatic heterocycles. The van der Waals surface area contributed by atoms with Crippen LogP contribution in [0.5, 0.6) is 0 Å². The second kappa shape index (κ2) is 7.09. The van der Waals surface area contributed by atoms with Gasteiger partial charge in [0.2, 0.25) is 5.91 Å². The molecule has 2 aromatic heterocycles. The zero-order valence-electron chi connectivity index (χ0n) is 14.1. The second-order valence-electron chi connectivity index (χ2n) is 6.02. The normalized spacial score (nSPS) is 10.9. The Bertz CT molecular complexity index is 1200. The number of fused-ring (bicyclic) bond motifs is 1. The predicted octanol–water partition coefficient (Wildman–Crippen LogP) is 3.68. The van der Waals surface area contributed by atoms with Crippen molar-refractivity contribution < 1.29 is 4.79 Å². The molecule has 2 aromatic carbocycles. The molecule has 0 saturated carbocycles. The zero-order valence-corrected chi connectivity index (χ0v) is 14.9. The Balaban J connectivity index is 1.56.